The Morgan fingerprint density at radius 3 is 1.48 bits per heavy atom. The largest absolute Gasteiger partial charge is 0.399 e. The molecule has 0 aliphatic rings. The molecule has 0 saturated carbocycles. The van der Waals surface area contributed by atoms with E-state index in [0.717, 1.165) is 48.5 Å². The predicted molar refractivity (Wildman–Crippen MR) is 105 cm³/mol. The Hall–Kier alpha value is -3.18. The maximum absolute atomic E-state index is 13.1. The van der Waals surface area contributed by atoms with E-state index in [1.165, 1.54) is 18.2 Å². The zero-order valence-corrected chi connectivity index (χ0v) is 16.3. The Balaban J connectivity index is 1.96. The number of nitrogens with one attached hydrogen (secondary N) is 2. The van der Waals surface area contributed by atoms with Crippen molar-refractivity contribution in [2.75, 3.05) is 15.2 Å². The third kappa shape index (κ3) is 4.81. The fourth-order valence-electron chi connectivity index (χ4n) is 2.37. The van der Waals surface area contributed by atoms with Crippen LogP contribution in [0, 0.1) is 11.6 Å². The summed E-state index contributed by atoms with van der Waals surface area (Å²) >= 11 is 0. The van der Waals surface area contributed by atoms with Gasteiger partial charge in [0.05, 0.1) is 21.2 Å². The first-order valence-corrected chi connectivity index (χ1v) is 11.0. The minimum absolute atomic E-state index is 0.103. The molecule has 0 saturated heterocycles. The molecular weight excluding hydrogens is 424 g/mol. The van der Waals surface area contributed by atoms with Crippen molar-refractivity contribution in [2.24, 2.45) is 0 Å². The fraction of sp³-hybridized carbons (Fsp3) is 0. The lowest BCUT2D eigenvalue weighted by atomic mass is 10.2. The van der Waals surface area contributed by atoms with Crippen LogP contribution in [0.2, 0.25) is 0 Å². The molecule has 0 fully saturated rings. The number of hydrogen-bond acceptors (Lipinski definition) is 5. The molecule has 0 aromatic heterocycles. The zero-order chi connectivity index (χ0) is 21.2. The van der Waals surface area contributed by atoms with E-state index in [2.05, 4.69) is 9.44 Å². The monoisotopic (exact) mass is 439 g/mol. The standard InChI is InChI=1S/C18H15F2N3O4S2/c19-12-1-6-15(7-2-12)28(24,25)22-17-10-5-14(21)11-18(17)23-29(26,27)16-8-3-13(20)4-9-16/h1-11,22-23H,21H2. The number of benzene rings is 3. The van der Waals surface area contributed by atoms with Gasteiger partial charge >= 0.3 is 0 Å². The van der Waals surface area contributed by atoms with Crippen LogP contribution in [0.1, 0.15) is 0 Å². The van der Waals surface area contributed by atoms with Gasteiger partial charge < -0.3 is 5.73 Å². The summed E-state index contributed by atoms with van der Waals surface area (Å²) in [4.78, 5) is -0.447. The second kappa shape index (κ2) is 7.68. The summed E-state index contributed by atoms with van der Waals surface area (Å²) < 4.78 is 80.8. The normalized spacial score (nSPS) is 11.8. The minimum Gasteiger partial charge on any atom is -0.399 e. The lowest BCUT2D eigenvalue weighted by Crippen LogP contribution is -2.18. The number of rotatable bonds is 6. The molecule has 11 heteroatoms. The van der Waals surface area contributed by atoms with E-state index >= 15 is 0 Å². The van der Waals surface area contributed by atoms with Crippen molar-refractivity contribution in [1.29, 1.82) is 0 Å². The van der Waals surface area contributed by atoms with Crippen LogP contribution in [0.3, 0.4) is 0 Å². The van der Waals surface area contributed by atoms with Gasteiger partial charge in [-0.25, -0.2) is 25.6 Å². The average Bonchev–Trinajstić information content (AvgIpc) is 2.64. The van der Waals surface area contributed by atoms with Crippen molar-refractivity contribution in [2.45, 2.75) is 9.79 Å². The number of halogens is 2. The molecule has 3 aromatic carbocycles. The Labute approximate surface area is 166 Å². The molecule has 3 aromatic rings. The Morgan fingerprint density at radius 1 is 0.621 bits per heavy atom. The van der Waals surface area contributed by atoms with E-state index < -0.39 is 31.7 Å². The third-order valence-electron chi connectivity index (χ3n) is 3.78. The summed E-state index contributed by atoms with van der Waals surface area (Å²) in [5, 5.41) is 0. The van der Waals surface area contributed by atoms with E-state index in [9.17, 15) is 25.6 Å². The lowest BCUT2D eigenvalue weighted by Gasteiger charge is -2.15. The molecule has 0 aliphatic heterocycles. The van der Waals surface area contributed by atoms with Gasteiger partial charge in [0.1, 0.15) is 11.6 Å². The summed E-state index contributed by atoms with van der Waals surface area (Å²) in [6.07, 6.45) is 0. The first kappa shape index (κ1) is 20.6. The second-order valence-corrected chi connectivity index (χ2v) is 9.29. The molecule has 152 valence electrons. The fourth-order valence-corrected chi connectivity index (χ4v) is 4.52. The van der Waals surface area contributed by atoms with Gasteiger partial charge in [-0.2, -0.15) is 0 Å². The summed E-state index contributed by atoms with van der Waals surface area (Å²) in [7, 11) is -8.28. The lowest BCUT2D eigenvalue weighted by molar-refractivity contribution is 0.597. The predicted octanol–water partition coefficient (Wildman–Crippen LogP) is 3.15. The molecule has 3 rings (SSSR count). The van der Waals surface area contributed by atoms with E-state index in [0.29, 0.717) is 0 Å². The molecule has 0 aliphatic carbocycles. The van der Waals surface area contributed by atoms with Crippen molar-refractivity contribution in [3.8, 4) is 0 Å². The number of nitrogen functional groups attached to an aromatic ring is 1. The van der Waals surface area contributed by atoms with E-state index in [4.69, 9.17) is 5.73 Å². The maximum atomic E-state index is 13.1. The van der Waals surface area contributed by atoms with Crippen LogP contribution in [0.15, 0.2) is 76.5 Å². The van der Waals surface area contributed by atoms with Gasteiger partial charge in [0, 0.05) is 5.69 Å². The van der Waals surface area contributed by atoms with Crippen molar-refractivity contribution >= 4 is 37.1 Å². The number of sulfonamides is 2. The van der Waals surface area contributed by atoms with Crippen LogP contribution in [0.4, 0.5) is 25.8 Å². The Bertz CT molecular complexity index is 1250. The van der Waals surface area contributed by atoms with E-state index in [1.54, 1.807) is 0 Å². The first-order chi connectivity index (χ1) is 13.6. The number of hydrogen-bond donors (Lipinski definition) is 3. The highest BCUT2D eigenvalue weighted by Crippen LogP contribution is 2.29. The molecule has 29 heavy (non-hydrogen) atoms. The molecular formula is C18H15F2N3O4S2. The van der Waals surface area contributed by atoms with Crippen LogP contribution in [0.25, 0.3) is 0 Å². The smallest absolute Gasteiger partial charge is 0.261 e. The van der Waals surface area contributed by atoms with Gasteiger partial charge in [-0.1, -0.05) is 0 Å². The van der Waals surface area contributed by atoms with Crippen LogP contribution in [-0.4, -0.2) is 16.8 Å². The highest BCUT2D eigenvalue weighted by atomic mass is 32.2. The van der Waals surface area contributed by atoms with Gasteiger partial charge in [-0.15, -0.1) is 0 Å². The molecule has 7 nitrogen and oxygen atoms in total. The SMILES string of the molecule is Nc1ccc(NS(=O)(=O)c2ccc(F)cc2)c(NS(=O)(=O)c2ccc(F)cc2)c1. The van der Waals surface area contributed by atoms with Crippen molar-refractivity contribution < 1.29 is 25.6 Å². The second-order valence-electron chi connectivity index (χ2n) is 5.92. The van der Waals surface area contributed by atoms with Crippen molar-refractivity contribution in [1.82, 2.24) is 0 Å². The summed E-state index contributed by atoms with van der Waals surface area (Å²) in [5.41, 5.74) is 5.62. The highest BCUT2D eigenvalue weighted by molar-refractivity contribution is 7.93. The Kier molecular flexibility index (Phi) is 5.44. The van der Waals surface area contributed by atoms with Crippen LogP contribution >= 0.6 is 0 Å². The molecule has 0 radical (unpaired) electrons. The third-order valence-corrected chi connectivity index (χ3v) is 6.54. The molecule has 0 heterocycles. The van der Waals surface area contributed by atoms with Crippen LogP contribution in [0.5, 0.6) is 0 Å². The van der Waals surface area contributed by atoms with E-state index in [1.807, 2.05) is 0 Å². The number of anilines is 3. The minimum atomic E-state index is -4.15. The molecule has 0 amide bonds. The quantitative estimate of drug-likeness (QED) is 0.510. The van der Waals surface area contributed by atoms with Crippen LogP contribution < -0.4 is 15.2 Å². The first-order valence-electron chi connectivity index (χ1n) is 8.03. The summed E-state index contributed by atoms with van der Waals surface area (Å²) in [5.74, 6) is -1.22. The van der Waals surface area contributed by atoms with Crippen molar-refractivity contribution in [3.63, 3.8) is 0 Å². The molecule has 0 atom stereocenters. The van der Waals surface area contributed by atoms with Gasteiger partial charge in [-0.05, 0) is 66.7 Å². The van der Waals surface area contributed by atoms with Gasteiger partial charge in [0.2, 0.25) is 0 Å². The molecule has 0 spiro atoms. The highest BCUT2D eigenvalue weighted by Gasteiger charge is 2.20. The Morgan fingerprint density at radius 2 is 1.03 bits per heavy atom. The van der Waals surface area contributed by atoms with Gasteiger partial charge in [-0.3, -0.25) is 9.44 Å². The molecule has 4 N–H and O–H groups in total. The average molecular weight is 439 g/mol. The molecule has 0 bridgehead atoms. The van der Waals surface area contributed by atoms with E-state index in [-0.39, 0.29) is 26.9 Å². The van der Waals surface area contributed by atoms with Gasteiger partial charge in [0.15, 0.2) is 0 Å². The summed E-state index contributed by atoms with van der Waals surface area (Å²) in [6.45, 7) is 0. The zero-order valence-electron chi connectivity index (χ0n) is 14.6. The molecule has 0 unspecified atom stereocenters. The van der Waals surface area contributed by atoms with Crippen LogP contribution in [-0.2, 0) is 20.0 Å². The summed E-state index contributed by atoms with van der Waals surface area (Å²) in [6, 6.07) is 12.1. The maximum Gasteiger partial charge on any atom is 0.261 e. The number of nitrogens with two attached hydrogens (primary N) is 1. The van der Waals surface area contributed by atoms with Gasteiger partial charge in [0.25, 0.3) is 20.0 Å². The topological polar surface area (TPSA) is 118 Å². The van der Waals surface area contributed by atoms with Crippen molar-refractivity contribution in [3.05, 3.63) is 78.4 Å².